The Hall–Kier alpha value is -1.68. The van der Waals surface area contributed by atoms with Crippen LogP contribution >= 0.6 is 0 Å². The fourth-order valence-electron chi connectivity index (χ4n) is 0.855. The Kier molecular flexibility index (Phi) is 5.14. The number of carboxylic acid groups (broad SMARTS) is 1. The molecule has 0 heterocycles. The van der Waals surface area contributed by atoms with Crippen LogP contribution in [0.4, 0.5) is 0 Å². The average molecular weight is 182 g/mol. The summed E-state index contributed by atoms with van der Waals surface area (Å²) in [5, 5.41) is 8.55. The van der Waals surface area contributed by atoms with E-state index in [4.69, 9.17) is 5.11 Å². The molecule has 1 aliphatic carbocycles. The Bertz CT molecular complexity index is 288. The van der Waals surface area contributed by atoms with Crippen molar-refractivity contribution in [1.29, 1.82) is 0 Å². The van der Waals surface area contributed by atoms with Crippen LogP contribution in [0, 0.1) is 5.92 Å². The maximum absolute atomic E-state index is 10.4. The van der Waals surface area contributed by atoms with Gasteiger partial charge in [-0.05, 0) is 6.08 Å². The van der Waals surface area contributed by atoms with Gasteiger partial charge in [-0.3, -0.25) is 16.5 Å². The van der Waals surface area contributed by atoms with E-state index in [2.05, 4.69) is 11.7 Å². The van der Waals surface area contributed by atoms with Crippen molar-refractivity contribution in [3.8, 4) is 0 Å². The highest BCUT2D eigenvalue weighted by atomic mass is 16.4. The third kappa shape index (κ3) is 3.04. The molecular weight excluding hydrogens is 172 g/mol. The molecule has 5 nitrogen and oxygen atoms in total. The molecule has 0 saturated heterocycles. The third-order valence-electron chi connectivity index (χ3n) is 1.41. The lowest BCUT2D eigenvalue weighted by Gasteiger charge is -2.06. The molecule has 1 aliphatic rings. The zero-order chi connectivity index (χ0) is 10.3. The molecule has 0 amide bonds. The van der Waals surface area contributed by atoms with Crippen molar-refractivity contribution in [3.63, 3.8) is 0 Å². The maximum atomic E-state index is 10.4. The van der Waals surface area contributed by atoms with Gasteiger partial charge in [-0.25, -0.2) is 4.79 Å². The Morgan fingerprint density at radius 2 is 2.08 bits per heavy atom. The number of rotatable bonds is 1. The summed E-state index contributed by atoms with van der Waals surface area (Å²) in [5.74, 6) is 7.74. The molecule has 0 aliphatic heterocycles. The molecule has 0 fully saturated rings. The highest BCUT2D eigenvalue weighted by Crippen LogP contribution is 2.15. The van der Waals surface area contributed by atoms with Crippen molar-refractivity contribution in [3.05, 3.63) is 29.9 Å². The number of carbonyl (C=O) groups excluding carboxylic acids is 1. The van der Waals surface area contributed by atoms with Crippen molar-refractivity contribution in [2.24, 2.45) is 17.6 Å². The van der Waals surface area contributed by atoms with Gasteiger partial charge < -0.3 is 5.11 Å². The number of hydrazine groups is 1. The van der Waals surface area contributed by atoms with Gasteiger partial charge in [0.05, 0.1) is 5.57 Å². The first-order valence-electron chi connectivity index (χ1n) is 3.41. The number of nitrogens with two attached hydrogens (primary N) is 2. The number of allylic oxidation sites excluding steroid dienone is 3. The predicted octanol–water partition coefficient (Wildman–Crippen LogP) is -0.610. The van der Waals surface area contributed by atoms with Crippen molar-refractivity contribution >= 4 is 11.9 Å². The van der Waals surface area contributed by atoms with Crippen molar-refractivity contribution < 1.29 is 14.7 Å². The van der Waals surface area contributed by atoms with E-state index in [1.807, 2.05) is 0 Å². The fourth-order valence-corrected chi connectivity index (χ4v) is 0.855. The van der Waals surface area contributed by atoms with E-state index in [-0.39, 0.29) is 5.57 Å². The summed E-state index contributed by atoms with van der Waals surface area (Å²) >= 11 is 0. The van der Waals surface area contributed by atoms with Gasteiger partial charge in [-0.15, -0.1) is 0 Å². The second-order valence-corrected chi connectivity index (χ2v) is 2.12. The Morgan fingerprint density at radius 3 is 2.46 bits per heavy atom. The minimum atomic E-state index is -1.02. The summed E-state index contributed by atoms with van der Waals surface area (Å²) in [6, 6.07) is 0. The SMILES string of the molecule is NN.O=C=C1C=CC=CC1C(=O)O. The molecule has 5 N–H and O–H groups in total. The van der Waals surface area contributed by atoms with Gasteiger partial charge in [0.1, 0.15) is 11.9 Å². The van der Waals surface area contributed by atoms with Gasteiger partial charge >= 0.3 is 5.97 Å². The second-order valence-electron chi connectivity index (χ2n) is 2.12. The van der Waals surface area contributed by atoms with E-state index < -0.39 is 11.9 Å². The summed E-state index contributed by atoms with van der Waals surface area (Å²) in [6.07, 6.45) is 6.10. The van der Waals surface area contributed by atoms with E-state index in [0.29, 0.717) is 0 Å². The molecule has 0 spiro atoms. The lowest BCUT2D eigenvalue weighted by molar-refractivity contribution is -0.138. The molecule has 0 saturated carbocycles. The molecule has 1 rings (SSSR count). The van der Waals surface area contributed by atoms with E-state index in [9.17, 15) is 9.59 Å². The van der Waals surface area contributed by atoms with Gasteiger partial charge in [-0.1, -0.05) is 18.2 Å². The van der Waals surface area contributed by atoms with E-state index in [0.717, 1.165) is 0 Å². The highest BCUT2D eigenvalue weighted by molar-refractivity contribution is 5.82. The number of hydrogen-bond acceptors (Lipinski definition) is 4. The van der Waals surface area contributed by atoms with Crippen molar-refractivity contribution in [2.45, 2.75) is 0 Å². The van der Waals surface area contributed by atoms with Gasteiger partial charge in [0.2, 0.25) is 0 Å². The summed E-state index contributed by atoms with van der Waals surface area (Å²) in [5.41, 5.74) is 0.167. The second kappa shape index (κ2) is 5.91. The Balaban J connectivity index is 0.000000671. The van der Waals surface area contributed by atoms with Crippen LogP contribution in [0.3, 0.4) is 0 Å². The summed E-state index contributed by atoms with van der Waals surface area (Å²) in [7, 11) is 0. The number of aliphatic carboxylic acids is 1. The third-order valence-corrected chi connectivity index (χ3v) is 1.41. The lowest BCUT2D eigenvalue weighted by Crippen LogP contribution is -2.14. The van der Waals surface area contributed by atoms with Crippen LogP contribution in [0.1, 0.15) is 0 Å². The predicted molar refractivity (Wildman–Crippen MR) is 47.0 cm³/mol. The van der Waals surface area contributed by atoms with Gasteiger partial charge in [0.15, 0.2) is 0 Å². The van der Waals surface area contributed by atoms with Crippen LogP contribution in [-0.4, -0.2) is 17.0 Å². The van der Waals surface area contributed by atoms with Crippen LogP contribution in [0.15, 0.2) is 29.9 Å². The molecule has 0 aromatic rings. The van der Waals surface area contributed by atoms with Crippen LogP contribution in [0.25, 0.3) is 0 Å². The number of carboxylic acids is 1. The molecule has 5 heteroatoms. The highest BCUT2D eigenvalue weighted by Gasteiger charge is 2.19. The largest absolute Gasteiger partial charge is 0.481 e. The van der Waals surface area contributed by atoms with E-state index >= 15 is 0 Å². The van der Waals surface area contributed by atoms with E-state index in [1.54, 1.807) is 18.1 Å². The minimum Gasteiger partial charge on any atom is -0.481 e. The van der Waals surface area contributed by atoms with Crippen LogP contribution in [-0.2, 0) is 9.59 Å². The first-order valence-corrected chi connectivity index (χ1v) is 3.41. The molecule has 0 aromatic heterocycles. The van der Waals surface area contributed by atoms with Crippen molar-refractivity contribution in [2.75, 3.05) is 0 Å². The first-order chi connectivity index (χ1) is 6.25. The standard InChI is InChI=1S/C8H6O3.H4N2/c9-5-6-3-1-2-4-7(6)8(10)11;1-2/h1-4,7H,(H,10,11);1-2H2. The fraction of sp³-hybridized carbons (Fsp3) is 0.125. The lowest BCUT2D eigenvalue weighted by atomic mass is 9.96. The van der Waals surface area contributed by atoms with Gasteiger partial charge in [0, 0.05) is 0 Å². The Labute approximate surface area is 75.0 Å². The molecule has 0 aromatic carbocycles. The first kappa shape index (κ1) is 11.3. The molecule has 70 valence electrons. The molecule has 0 bridgehead atoms. The summed E-state index contributed by atoms with van der Waals surface area (Å²) in [6.45, 7) is 0. The zero-order valence-corrected chi connectivity index (χ0v) is 6.81. The van der Waals surface area contributed by atoms with E-state index in [1.165, 1.54) is 12.2 Å². The van der Waals surface area contributed by atoms with Crippen LogP contribution in [0.2, 0.25) is 0 Å². The minimum absolute atomic E-state index is 0.167. The smallest absolute Gasteiger partial charge is 0.315 e. The number of hydrogen-bond donors (Lipinski definition) is 3. The molecule has 0 radical (unpaired) electrons. The monoisotopic (exact) mass is 182 g/mol. The topological polar surface area (TPSA) is 106 Å². The summed E-state index contributed by atoms with van der Waals surface area (Å²) < 4.78 is 0. The van der Waals surface area contributed by atoms with Crippen LogP contribution in [0.5, 0.6) is 0 Å². The summed E-state index contributed by atoms with van der Waals surface area (Å²) in [4.78, 5) is 20.6. The van der Waals surface area contributed by atoms with Crippen LogP contribution < -0.4 is 11.7 Å². The Morgan fingerprint density at radius 1 is 1.46 bits per heavy atom. The number of carbonyl (C=O) groups is 1. The van der Waals surface area contributed by atoms with Gasteiger partial charge in [-0.2, -0.15) is 0 Å². The molecule has 13 heavy (non-hydrogen) atoms. The quantitative estimate of drug-likeness (QED) is 0.285. The normalized spacial score (nSPS) is 18.6. The molecule has 1 unspecified atom stereocenters. The van der Waals surface area contributed by atoms with Gasteiger partial charge in [0.25, 0.3) is 0 Å². The molecular formula is C8H10N2O3. The maximum Gasteiger partial charge on any atom is 0.315 e. The van der Waals surface area contributed by atoms with Crippen molar-refractivity contribution in [1.82, 2.24) is 0 Å². The molecule has 1 atom stereocenters. The zero-order valence-electron chi connectivity index (χ0n) is 6.81. The average Bonchev–Trinajstić information content (AvgIpc) is 2.20.